The molecule has 0 saturated carbocycles. The number of imidazole rings is 1. The van der Waals surface area contributed by atoms with E-state index in [0.29, 0.717) is 29.0 Å². The van der Waals surface area contributed by atoms with Crippen LogP contribution in [0.3, 0.4) is 0 Å². The van der Waals surface area contributed by atoms with Gasteiger partial charge in [0.25, 0.3) is 0 Å². The summed E-state index contributed by atoms with van der Waals surface area (Å²) in [6.45, 7) is 3.57. The molecule has 1 aliphatic rings. The first kappa shape index (κ1) is 22.0. The highest BCUT2D eigenvalue weighted by atomic mass is 19.1. The number of benzene rings is 2. The fourth-order valence-corrected chi connectivity index (χ4v) is 4.21. The largest absolute Gasteiger partial charge is 0.491 e. The maximum Gasteiger partial charge on any atom is 0.326 e. The molecular formula is C23H27FN4O4. The molecule has 32 heavy (non-hydrogen) atoms. The lowest BCUT2D eigenvalue weighted by molar-refractivity contribution is -0.114. The van der Waals surface area contributed by atoms with Crippen molar-refractivity contribution >= 4 is 22.6 Å². The van der Waals surface area contributed by atoms with Crippen molar-refractivity contribution in [3.63, 3.8) is 0 Å². The number of rotatable bonds is 7. The number of H-pyrrole nitrogens is 1. The standard InChI is InChI=1S/C23H27FN4O4/c1-15(29)25-17-3-5-20(6-4-17)32-14-19(30)13-27-10-8-18(9-11-27)28-22-7-2-16(24)12-21(22)26-23(28)31/h2-7,12,18-19,30H,8-11,13-14H2,1H3,(H,25,29)(H,26,31). The second-order valence-corrected chi connectivity index (χ2v) is 8.16. The number of carbonyl (C=O) groups excluding carboxylic acids is 1. The Kier molecular flexibility index (Phi) is 6.57. The minimum absolute atomic E-state index is 0.0356. The molecule has 1 aliphatic heterocycles. The van der Waals surface area contributed by atoms with Crippen molar-refractivity contribution in [3.05, 3.63) is 58.8 Å². The topological polar surface area (TPSA) is 99.6 Å². The van der Waals surface area contributed by atoms with Crippen molar-refractivity contribution in [3.8, 4) is 5.75 Å². The van der Waals surface area contributed by atoms with Crippen LogP contribution in [0.25, 0.3) is 11.0 Å². The van der Waals surface area contributed by atoms with E-state index < -0.39 is 6.10 Å². The molecule has 0 radical (unpaired) electrons. The molecule has 1 fully saturated rings. The first-order valence-corrected chi connectivity index (χ1v) is 10.7. The van der Waals surface area contributed by atoms with E-state index in [-0.39, 0.29) is 30.1 Å². The Labute approximate surface area is 184 Å². The molecule has 1 saturated heterocycles. The van der Waals surface area contributed by atoms with Crippen molar-refractivity contribution in [2.75, 3.05) is 31.6 Å². The maximum absolute atomic E-state index is 13.4. The fourth-order valence-electron chi connectivity index (χ4n) is 4.21. The lowest BCUT2D eigenvalue weighted by Crippen LogP contribution is -2.42. The Balaban J connectivity index is 1.26. The van der Waals surface area contributed by atoms with Gasteiger partial charge in [-0.25, -0.2) is 9.18 Å². The first-order chi connectivity index (χ1) is 15.4. The Bertz CT molecular complexity index is 1130. The number of carbonyl (C=O) groups is 1. The highest BCUT2D eigenvalue weighted by Gasteiger charge is 2.25. The van der Waals surface area contributed by atoms with Crippen LogP contribution in [0.15, 0.2) is 47.3 Å². The Morgan fingerprint density at radius 3 is 2.66 bits per heavy atom. The van der Waals surface area contributed by atoms with Crippen LogP contribution >= 0.6 is 0 Å². The number of hydrogen-bond donors (Lipinski definition) is 3. The molecule has 0 bridgehead atoms. The molecule has 8 nitrogen and oxygen atoms in total. The maximum atomic E-state index is 13.4. The van der Waals surface area contributed by atoms with Gasteiger partial charge in [-0.1, -0.05) is 0 Å². The summed E-state index contributed by atoms with van der Waals surface area (Å²) in [4.78, 5) is 28.3. The van der Waals surface area contributed by atoms with Gasteiger partial charge in [0.1, 0.15) is 24.3 Å². The van der Waals surface area contributed by atoms with Crippen molar-refractivity contribution in [1.82, 2.24) is 14.5 Å². The molecule has 170 valence electrons. The van der Waals surface area contributed by atoms with E-state index in [4.69, 9.17) is 4.74 Å². The summed E-state index contributed by atoms with van der Waals surface area (Å²) < 4.78 is 20.8. The van der Waals surface area contributed by atoms with Crippen LogP contribution in [-0.4, -0.2) is 57.8 Å². The van der Waals surface area contributed by atoms with Gasteiger partial charge in [-0.3, -0.25) is 9.36 Å². The van der Waals surface area contributed by atoms with Crippen molar-refractivity contribution < 1.29 is 19.0 Å². The first-order valence-electron chi connectivity index (χ1n) is 10.7. The number of halogens is 1. The monoisotopic (exact) mass is 442 g/mol. The minimum atomic E-state index is -0.652. The van der Waals surface area contributed by atoms with Gasteiger partial charge in [0, 0.05) is 38.3 Å². The van der Waals surface area contributed by atoms with Gasteiger partial charge in [-0.15, -0.1) is 0 Å². The Morgan fingerprint density at radius 1 is 1.25 bits per heavy atom. The molecule has 0 spiro atoms. The van der Waals surface area contributed by atoms with E-state index >= 15 is 0 Å². The molecule has 1 unspecified atom stereocenters. The second-order valence-electron chi connectivity index (χ2n) is 8.16. The van der Waals surface area contributed by atoms with Crippen molar-refractivity contribution in [1.29, 1.82) is 0 Å². The van der Waals surface area contributed by atoms with Gasteiger partial charge < -0.3 is 25.0 Å². The van der Waals surface area contributed by atoms with Gasteiger partial charge in [-0.2, -0.15) is 0 Å². The van der Waals surface area contributed by atoms with E-state index in [1.54, 1.807) is 34.9 Å². The summed E-state index contributed by atoms with van der Waals surface area (Å²) >= 11 is 0. The summed E-state index contributed by atoms with van der Waals surface area (Å²) in [5.74, 6) is 0.105. The molecule has 2 aromatic carbocycles. The van der Waals surface area contributed by atoms with Crippen LogP contribution in [0, 0.1) is 5.82 Å². The van der Waals surface area contributed by atoms with Crippen LogP contribution in [0.4, 0.5) is 10.1 Å². The van der Waals surface area contributed by atoms with Crippen molar-refractivity contribution in [2.45, 2.75) is 31.9 Å². The average molecular weight is 442 g/mol. The predicted octanol–water partition coefficient (Wildman–Crippen LogP) is 2.50. The third-order valence-corrected chi connectivity index (χ3v) is 5.69. The van der Waals surface area contributed by atoms with Crippen LogP contribution in [0.5, 0.6) is 5.75 Å². The van der Waals surface area contributed by atoms with Crippen molar-refractivity contribution in [2.24, 2.45) is 0 Å². The molecule has 3 aromatic rings. The van der Waals surface area contributed by atoms with E-state index in [2.05, 4.69) is 15.2 Å². The number of anilines is 1. The van der Waals surface area contributed by atoms with Gasteiger partial charge in [0.15, 0.2) is 0 Å². The number of β-amino-alcohol motifs (C(OH)–C–C–N with tert-alkyl or cyclic N) is 1. The molecule has 4 rings (SSSR count). The summed E-state index contributed by atoms with van der Waals surface area (Å²) in [6.07, 6.45) is 0.880. The van der Waals surface area contributed by atoms with E-state index in [0.717, 1.165) is 25.9 Å². The number of amides is 1. The van der Waals surface area contributed by atoms with Crippen LogP contribution in [-0.2, 0) is 4.79 Å². The number of ether oxygens (including phenoxy) is 1. The summed E-state index contributed by atoms with van der Waals surface area (Å²) in [5, 5.41) is 13.1. The minimum Gasteiger partial charge on any atom is -0.491 e. The molecular weight excluding hydrogens is 415 g/mol. The van der Waals surface area contributed by atoms with Gasteiger partial charge >= 0.3 is 5.69 Å². The fraction of sp³-hybridized carbons (Fsp3) is 0.391. The zero-order valence-electron chi connectivity index (χ0n) is 17.9. The van der Waals surface area contributed by atoms with Gasteiger partial charge in [0.05, 0.1) is 11.0 Å². The van der Waals surface area contributed by atoms with E-state index in [1.165, 1.54) is 19.1 Å². The number of aliphatic hydroxyl groups is 1. The quantitative estimate of drug-likeness (QED) is 0.522. The molecule has 2 heterocycles. The lowest BCUT2D eigenvalue weighted by Gasteiger charge is -2.33. The molecule has 9 heteroatoms. The molecule has 0 aliphatic carbocycles. The van der Waals surface area contributed by atoms with Gasteiger partial charge in [0.2, 0.25) is 5.91 Å². The zero-order chi connectivity index (χ0) is 22.7. The number of nitrogens with one attached hydrogen (secondary N) is 2. The number of aromatic nitrogens is 2. The Morgan fingerprint density at radius 2 is 1.97 bits per heavy atom. The molecule has 1 amide bonds. The third-order valence-electron chi connectivity index (χ3n) is 5.69. The van der Waals surface area contributed by atoms with E-state index in [9.17, 15) is 19.1 Å². The number of likely N-dealkylation sites (tertiary alicyclic amines) is 1. The number of nitrogens with zero attached hydrogens (tertiary/aromatic N) is 2. The van der Waals surface area contributed by atoms with Gasteiger partial charge in [-0.05, 0) is 55.3 Å². The SMILES string of the molecule is CC(=O)Nc1ccc(OCC(O)CN2CCC(n3c(=O)[nH]c4cc(F)ccc43)CC2)cc1. The third kappa shape index (κ3) is 5.17. The molecule has 3 N–H and O–H groups in total. The number of piperidine rings is 1. The Hall–Kier alpha value is -3.17. The smallest absolute Gasteiger partial charge is 0.326 e. The lowest BCUT2D eigenvalue weighted by atomic mass is 10.0. The average Bonchev–Trinajstić information content (AvgIpc) is 3.08. The number of hydrogen-bond acceptors (Lipinski definition) is 5. The highest BCUT2D eigenvalue weighted by molar-refractivity contribution is 5.88. The molecule has 1 aromatic heterocycles. The highest BCUT2D eigenvalue weighted by Crippen LogP contribution is 2.25. The summed E-state index contributed by atoms with van der Waals surface area (Å²) in [5.41, 5.74) is 1.69. The number of fused-ring (bicyclic) bond motifs is 1. The number of aliphatic hydroxyl groups excluding tert-OH is 1. The van der Waals surface area contributed by atoms with Crippen LogP contribution in [0.1, 0.15) is 25.8 Å². The summed E-state index contributed by atoms with van der Waals surface area (Å²) in [6, 6.07) is 11.4. The second kappa shape index (κ2) is 9.54. The normalized spacial score (nSPS) is 16.2. The van der Waals surface area contributed by atoms with E-state index in [1.807, 2.05) is 0 Å². The zero-order valence-corrected chi connectivity index (χ0v) is 17.9. The summed E-state index contributed by atoms with van der Waals surface area (Å²) in [7, 11) is 0. The predicted molar refractivity (Wildman–Crippen MR) is 119 cm³/mol. The molecule has 1 atom stereocenters. The number of aromatic amines is 1. The van der Waals surface area contributed by atoms with Crippen LogP contribution in [0.2, 0.25) is 0 Å². The van der Waals surface area contributed by atoms with Crippen LogP contribution < -0.4 is 15.7 Å².